The van der Waals surface area contributed by atoms with E-state index in [0.717, 1.165) is 16.9 Å². The van der Waals surface area contributed by atoms with Gasteiger partial charge in [-0.25, -0.2) is 4.99 Å². The number of amides is 1. The molecule has 1 aromatic heterocycles. The number of carbonyl (C=O) groups excluding carboxylic acids is 1. The molecule has 0 saturated heterocycles. The summed E-state index contributed by atoms with van der Waals surface area (Å²) in [6.07, 6.45) is -0.321. The number of hydrogen-bond donors (Lipinski definition) is 2. The number of aromatic nitrogens is 1. The van der Waals surface area contributed by atoms with Gasteiger partial charge in [-0.1, -0.05) is 48.5 Å². The summed E-state index contributed by atoms with van der Waals surface area (Å²) in [5.41, 5.74) is 1.28. The summed E-state index contributed by atoms with van der Waals surface area (Å²) < 4.78 is 7.22. The third-order valence-electron chi connectivity index (χ3n) is 4.46. The number of nitrogens with zero attached hydrogens (tertiary/aromatic N) is 2. The highest BCUT2D eigenvalue weighted by molar-refractivity contribution is 7.73. The summed E-state index contributed by atoms with van der Waals surface area (Å²) in [4.78, 5) is 16.9. The van der Waals surface area contributed by atoms with Crippen LogP contribution in [0.2, 0.25) is 0 Å². The number of para-hydroxylation sites is 1. The maximum atomic E-state index is 12.5. The first-order valence-corrected chi connectivity index (χ1v) is 9.76. The van der Waals surface area contributed by atoms with Crippen molar-refractivity contribution in [1.29, 1.82) is 0 Å². The zero-order valence-electron chi connectivity index (χ0n) is 14.6. The molecule has 0 aliphatic carbocycles. The van der Waals surface area contributed by atoms with E-state index < -0.39 is 18.9 Å². The van der Waals surface area contributed by atoms with Gasteiger partial charge in [0.1, 0.15) is 17.9 Å². The van der Waals surface area contributed by atoms with Gasteiger partial charge in [0.25, 0.3) is 5.91 Å². The first kappa shape index (κ1) is 18.7. The van der Waals surface area contributed by atoms with Crippen LogP contribution in [0, 0.1) is 3.95 Å². The van der Waals surface area contributed by atoms with E-state index in [1.807, 2.05) is 36.4 Å². The predicted molar refractivity (Wildman–Crippen MR) is 107 cm³/mol. The molecule has 2 heterocycles. The Morgan fingerprint density at radius 3 is 2.61 bits per heavy atom. The lowest BCUT2D eigenvalue weighted by molar-refractivity contribution is -0.112. The highest BCUT2D eigenvalue weighted by Gasteiger charge is 2.28. The van der Waals surface area contributed by atoms with Crippen LogP contribution in [0.1, 0.15) is 16.7 Å². The number of hydrogen-bond acceptors (Lipinski definition) is 6. The summed E-state index contributed by atoms with van der Waals surface area (Å²) in [7, 11) is 0. The van der Waals surface area contributed by atoms with E-state index >= 15 is 0 Å². The van der Waals surface area contributed by atoms with Gasteiger partial charge in [0.2, 0.25) is 5.88 Å². The number of fused-ring (bicyclic) bond motifs is 1. The Balaban J connectivity index is 1.83. The Labute approximate surface area is 169 Å². The minimum Gasteiger partial charge on any atom is -0.493 e. The third kappa shape index (κ3) is 3.31. The normalized spacial score (nSPS) is 14.0. The average Bonchev–Trinajstić information content (AvgIpc) is 3.17. The molecule has 1 amide bonds. The molecule has 1 aliphatic heterocycles. The topological polar surface area (TPSA) is 84.1 Å². The molecule has 0 fully saturated rings. The molecule has 3 aromatic rings. The van der Waals surface area contributed by atoms with Crippen molar-refractivity contribution in [2.24, 2.45) is 4.99 Å². The van der Waals surface area contributed by atoms with Crippen molar-refractivity contribution in [1.82, 2.24) is 4.57 Å². The molecule has 0 spiro atoms. The second-order valence-electron chi connectivity index (χ2n) is 6.14. The summed E-state index contributed by atoms with van der Waals surface area (Å²) in [6, 6.07) is 16.7. The molecule has 142 valence electrons. The molecule has 1 atom stereocenters. The van der Waals surface area contributed by atoms with Crippen molar-refractivity contribution >= 4 is 35.0 Å². The molecule has 0 saturated carbocycles. The quantitative estimate of drug-likeness (QED) is 0.478. The van der Waals surface area contributed by atoms with Crippen LogP contribution in [0.25, 0.3) is 5.57 Å². The third-order valence-corrected chi connectivity index (χ3v) is 5.87. The van der Waals surface area contributed by atoms with E-state index in [1.54, 1.807) is 18.2 Å². The monoisotopic (exact) mass is 412 g/mol. The molecule has 0 radical (unpaired) electrons. The molecule has 1 aliphatic rings. The van der Waals surface area contributed by atoms with Crippen LogP contribution < -0.4 is 10.6 Å². The van der Waals surface area contributed by atoms with Gasteiger partial charge in [0.15, 0.2) is 3.95 Å². The number of aliphatic hydroxyl groups is 1. The number of benzene rings is 2. The van der Waals surface area contributed by atoms with E-state index in [4.69, 9.17) is 17.0 Å². The van der Waals surface area contributed by atoms with E-state index in [0.29, 0.717) is 31.4 Å². The highest BCUT2D eigenvalue weighted by Crippen LogP contribution is 2.36. The second-order valence-corrected chi connectivity index (χ2v) is 7.78. The number of aromatic hydroxyl groups is 1. The number of ether oxygens (including phenoxy) is 1. The molecule has 4 rings (SSSR count). The van der Waals surface area contributed by atoms with Crippen LogP contribution in [0.15, 0.2) is 59.6 Å². The lowest BCUT2D eigenvalue weighted by Crippen LogP contribution is -2.22. The van der Waals surface area contributed by atoms with Crippen molar-refractivity contribution in [2.75, 3.05) is 6.79 Å². The number of aliphatic hydroxyl groups excluding tert-OH is 1. The Morgan fingerprint density at radius 1 is 1.14 bits per heavy atom. The van der Waals surface area contributed by atoms with Crippen LogP contribution in [-0.2, 0) is 16.0 Å². The van der Waals surface area contributed by atoms with Crippen molar-refractivity contribution < 1.29 is 19.7 Å². The fourth-order valence-electron chi connectivity index (χ4n) is 3.20. The molecule has 28 heavy (non-hydrogen) atoms. The van der Waals surface area contributed by atoms with Gasteiger partial charge in [0, 0.05) is 11.6 Å². The lowest BCUT2D eigenvalue weighted by atomic mass is 10.1. The van der Waals surface area contributed by atoms with Crippen molar-refractivity contribution in [3.8, 4) is 5.88 Å². The molecule has 0 bridgehead atoms. The van der Waals surface area contributed by atoms with Gasteiger partial charge in [-0.2, -0.15) is 0 Å². The molecule has 6 nitrogen and oxygen atoms in total. The van der Waals surface area contributed by atoms with Gasteiger partial charge >= 0.3 is 0 Å². The fourth-order valence-corrected chi connectivity index (χ4v) is 4.62. The summed E-state index contributed by atoms with van der Waals surface area (Å²) in [5, 5.41) is 21.5. The van der Waals surface area contributed by atoms with Crippen LogP contribution in [0.4, 0.5) is 0 Å². The maximum Gasteiger partial charge on any atom is 0.279 e. The van der Waals surface area contributed by atoms with Gasteiger partial charge in [-0.15, -0.1) is 11.3 Å². The average molecular weight is 412 g/mol. The Kier molecular flexibility index (Phi) is 5.19. The number of carbonyl (C=O) groups is 1. The highest BCUT2D eigenvalue weighted by atomic mass is 32.1. The Morgan fingerprint density at radius 2 is 1.86 bits per heavy atom. The molecular weight excluding hydrogens is 396 g/mol. The van der Waals surface area contributed by atoms with Crippen LogP contribution >= 0.6 is 23.6 Å². The van der Waals surface area contributed by atoms with Gasteiger partial charge in [-0.3, -0.25) is 9.36 Å². The zero-order chi connectivity index (χ0) is 19.7. The smallest absolute Gasteiger partial charge is 0.279 e. The molecule has 1 unspecified atom stereocenters. The van der Waals surface area contributed by atoms with Gasteiger partial charge in [-0.05, 0) is 23.8 Å². The molecular formula is C20H16N2O4S2. The Bertz CT molecular complexity index is 1210. The fraction of sp³-hybridized carbons (Fsp3) is 0.150. The van der Waals surface area contributed by atoms with E-state index in [1.165, 1.54) is 4.57 Å². The Hall–Kier alpha value is -2.65. The van der Waals surface area contributed by atoms with Crippen LogP contribution in [0.3, 0.4) is 0 Å². The van der Waals surface area contributed by atoms with Crippen molar-refractivity contribution in [3.63, 3.8) is 0 Å². The van der Waals surface area contributed by atoms with E-state index in [-0.39, 0.29) is 5.88 Å². The first-order valence-electron chi connectivity index (χ1n) is 8.53. The second kappa shape index (κ2) is 7.76. The van der Waals surface area contributed by atoms with Gasteiger partial charge in [0.05, 0.1) is 10.9 Å². The van der Waals surface area contributed by atoms with Crippen LogP contribution in [0.5, 0.6) is 5.88 Å². The predicted octanol–water partition coefficient (Wildman–Crippen LogP) is 2.05. The first-order chi connectivity index (χ1) is 13.6. The van der Waals surface area contributed by atoms with Crippen molar-refractivity contribution in [3.05, 3.63) is 79.6 Å². The summed E-state index contributed by atoms with van der Waals surface area (Å²) in [6.45, 7) is -0.530. The molecule has 8 heteroatoms. The van der Waals surface area contributed by atoms with E-state index in [9.17, 15) is 15.0 Å². The van der Waals surface area contributed by atoms with Crippen LogP contribution in [-0.4, -0.2) is 27.5 Å². The molecule has 2 aromatic carbocycles. The minimum absolute atomic E-state index is 0.167. The zero-order valence-corrected chi connectivity index (χ0v) is 16.2. The summed E-state index contributed by atoms with van der Waals surface area (Å²) >= 11 is 6.56. The van der Waals surface area contributed by atoms with Gasteiger partial charge < -0.3 is 14.9 Å². The number of thiazole rings is 1. The minimum atomic E-state index is -0.714. The summed E-state index contributed by atoms with van der Waals surface area (Å²) in [5.74, 6) is -0.581. The number of rotatable bonds is 6. The molecule has 2 N–H and O–H groups in total. The standard InChI is InChI=1S/C20H16N2O4S2/c23-11-26-15(10-12-6-2-1-3-7-12)22-19(25)17(28-20(22)27)16-13-8-4-5-9-14(13)21-18(16)24/h1-9,15,23,25H,10-11H2. The lowest BCUT2D eigenvalue weighted by Gasteiger charge is -2.19. The largest absolute Gasteiger partial charge is 0.493 e. The maximum absolute atomic E-state index is 12.5. The SMILES string of the molecule is O=C1N=c2ccccc2=C1c1sc(=S)n(C(Cc2ccccc2)OCO)c1O. The van der Waals surface area contributed by atoms with E-state index in [2.05, 4.69) is 4.99 Å². The van der Waals surface area contributed by atoms with Crippen molar-refractivity contribution in [2.45, 2.75) is 12.6 Å².